The second kappa shape index (κ2) is 51.8. The molecule has 3 atom stereocenters. The van der Waals surface area contributed by atoms with E-state index in [1.807, 2.05) is 27.2 Å². The molecule has 0 saturated carbocycles. The summed E-state index contributed by atoms with van der Waals surface area (Å²) in [6.45, 7) is 4.52. The van der Waals surface area contributed by atoms with Crippen LogP contribution in [0.4, 0.5) is 0 Å². The molecule has 0 heterocycles. The lowest BCUT2D eigenvalue weighted by molar-refractivity contribution is -0.870. The minimum Gasteiger partial charge on any atom is -0.756 e. The first-order valence-electron chi connectivity index (χ1n) is 29.3. The summed E-state index contributed by atoms with van der Waals surface area (Å²) in [6, 6.07) is -0.904. The number of allylic oxidation sites excluding steroid dienone is 11. The number of carbonyl (C=O) groups is 1. The topological polar surface area (TPSA) is 108 Å². The van der Waals surface area contributed by atoms with Crippen molar-refractivity contribution in [2.24, 2.45) is 0 Å². The number of nitrogens with zero attached hydrogens (tertiary/aromatic N) is 1. The summed E-state index contributed by atoms with van der Waals surface area (Å²) in [7, 11) is 1.25. The molecule has 0 aliphatic carbocycles. The van der Waals surface area contributed by atoms with Crippen LogP contribution in [-0.2, 0) is 18.4 Å². The number of quaternary nitrogens is 1. The van der Waals surface area contributed by atoms with Crippen LogP contribution in [-0.4, -0.2) is 68.5 Å². The SMILES string of the molecule is CC/C=C\C/C=C\C/C=C\C/C=C\CCCCCCCCCCCCCCCCCCCCCCC(=O)NC(COP(=O)([O-])OCC[N+](C)(C)C)C(O)/C=C/CC/C=C/CCCCCCCCCCC. The molecule has 0 aromatic carbocycles. The molecule has 8 nitrogen and oxygen atoms in total. The molecule has 0 saturated heterocycles. The Kier molecular flexibility index (Phi) is 50.3. The minimum atomic E-state index is -4.60. The fourth-order valence-electron chi connectivity index (χ4n) is 8.34. The standard InChI is InChI=1S/C61H113N2O6P/c1-6-8-10-12-14-16-18-20-22-23-24-25-26-27-28-29-30-31-32-33-34-35-36-37-38-39-41-43-45-47-49-51-53-55-61(65)62-59(58-69-70(66,67)68-57-56-63(3,4)5)60(64)54-52-50-48-46-44-42-40-21-19-17-15-13-11-9-7-2/h8,10,14,16,20,22,24-25,44,46,52,54,59-60,64H,6-7,9,11-13,15,17-19,21,23,26-43,45,47-51,53,55-58H2,1-5H3,(H-,62,65,66,67)/b10-8-,16-14-,22-20-,25-24-,46-44+,54-52+. The minimum absolute atomic E-state index is 0.00701. The molecule has 70 heavy (non-hydrogen) atoms. The first-order chi connectivity index (χ1) is 34.0. The number of aliphatic hydroxyl groups is 1. The van der Waals surface area contributed by atoms with Gasteiger partial charge >= 0.3 is 0 Å². The zero-order valence-corrected chi connectivity index (χ0v) is 47.4. The van der Waals surface area contributed by atoms with Gasteiger partial charge in [-0.15, -0.1) is 0 Å². The Bertz CT molecular complexity index is 1370. The molecule has 3 unspecified atom stereocenters. The van der Waals surface area contributed by atoms with Gasteiger partial charge in [0, 0.05) is 6.42 Å². The lowest BCUT2D eigenvalue weighted by Gasteiger charge is -2.29. The highest BCUT2D eigenvalue weighted by atomic mass is 31.2. The van der Waals surface area contributed by atoms with Crippen molar-refractivity contribution in [2.75, 3.05) is 40.9 Å². The third-order valence-electron chi connectivity index (χ3n) is 12.9. The molecule has 2 N–H and O–H groups in total. The fourth-order valence-corrected chi connectivity index (χ4v) is 9.06. The van der Waals surface area contributed by atoms with Gasteiger partial charge in [-0.05, 0) is 70.6 Å². The van der Waals surface area contributed by atoms with E-state index in [1.54, 1.807) is 6.08 Å². The summed E-state index contributed by atoms with van der Waals surface area (Å²) < 4.78 is 23.3. The number of phosphoric ester groups is 1. The van der Waals surface area contributed by atoms with Crippen LogP contribution in [0.2, 0.25) is 0 Å². The molecule has 9 heteroatoms. The van der Waals surface area contributed by atoms with E-state index in [0.717, 1.165) is 64.2 Å². The van der Waals surface area contributed by atoms with Crippen molar-refractivity contribution in [3.63, 3.8) is 0 Å². The van der Waals surface area contributed by atoms with Crippen LogP contribution in [0.1, 0.15) is 258 Å². The van der Waals surface area contributed by atoms with Crippen LogP contribution >= 0.6 is 7.82 Å². The Morgan fingerprint density at radius 3 is 1.33 bits per heavy atom. The molecule has 0 aliphatic rings. The predicted octanol–water partition coefficient (Wildman–Crippen LogP) is 17.2. The Labute approximate surface area is 434 Å². The van der Waals surface area contributed by atoms with Gasteiger partial charge in [0.2, 0.25) is 5.91 Å². The maximum absolute atomic E-state index is 13.0. The fraction of sp³-hybridized carbons (Fsp3) is 0.787. The maximum atomic E-state index is 13.0. The van der Waals surface area contributed by atoms with Crippen molar-refractivity contribution in [3.05, 3.63) is 72.9 Å². The Morgan fingerprint density at radius 2 is 0.886 bits per heavy atom. The largest absolute Gasteiger partial charge is 0.756 e. The van der Waals surface area contributed by atoms with Crippen LogP contribution in [0.5, 0.6) is 0 Å². The summed E-state index contributed by atoms with van der Waals surface area (Å²) in [5.74, 6) is -0.206. The van der Waals surface area contributed by atoms with Crippen molar-refractivity contribution in [2.45, 2.75) is 270 Å². The molecule has 408 valence electrons. The zero-order chi connectivity index (χ0) is 51.3. The van der Waals surface area contributed by atoms with Crippen molar-refractivity contribution in [1.82, 2.24) is 5.32 Å². The van der Waals surface area contributed by atoms with Gasteiger partial charge in [-0.2, -0.15) is 0 Å². The molecular weight excluding hydrogens is 888 g/mol. The maximum Gasteiger partial charge on any atom is 0.268 e. The Morgan fingerprint density at radius 1 is 0.514 bits per heavy atom. The first-order valence-corrected chi connectivity index (χ1v) is 30.8. The number of hydrogen-bond acceptors (Lipinski definition) is 6. The Balaban J connectivity index is 4.06. The van der Waals surface area contributed by atoms with Crippen LogP contribution in [0.3, 0.4) is 0 Å². The second-order valence-electron chi connectivity index (χ2n) is 21.0. The van der Waals surface area contributed by atoms with E-state index in [2.05, 4.69) is 79.9 Å². The third-order valence-corrected chi connectivity index (χ3v) is 13.9. The van der Waals surface area contributed by atoms with Crippen molar-refractivity contribution in [3.8, 4) is 0 Å². The van der Waals surface area contributed by atoms with Crippen LogP contribution in [0, 0.1) is 0 Å². The van der Waals surface area contributed by atoms with Gasteiger partial charge in [-0.1, -0.05) is 254 Å². The quantitative estimate of drug-likeness (QED) is 0.0272. The number of amides is 1. The number of carbonyl (C=O) groups excluding carboxylic acids is 1. The predicted molar refractivity (Wildman–Crippen MR) is 302 cm³/mol. The molecule has 0 aromatic heterocycles. The Hall–Kier alpha value is -2.06. The van der Waals surface area contributed by atoms with Crippen molar-refractivity contribution >= 4 is 13.7 Å². The summed E-state index contributed by atoms with van der Waals surface area (Å²) in [6.07, 6.45) is 71.4. The summed E-state index contributed by atoms with van der Waals surface area (Å²) in [5.41, 5.74) is 0. The molecule has 0 spiro atoms. The number of unbranched alkanes of at least 4 members (excludes halogenated alkanes) is 30. The third kappa shape index (κ3) is 53.7. The number of nitrogens with one attached hydrogen (secondary N) is 1. The van der Waals surface area contributed by atoms with Gasteiger partial charge in [0.25, 0.3) is 7.82 Å². The lowest BCUT2D eigenvalue weighted by atomic mass is 10.0. The first kappa shape index (κ1) is 67.9. The van der Waals surface area contributed by atoms with Gasteiger partial charge in [-0.25, -0.2) is 0 Å². The zero-order valence-electron chi connectivity index (χ0n) is 46.5. The number of aliphatic hydroxyl groups excluding tert-OH is 1. The van der Waals surface area contributed by atoms with E-state index in [1.165, 1.54) is 173 Å². The number of phosphoric acid groups is 1. The average molecular weight is 1000 g/mol. The molecule has 0 radical (unpaired) electrons. The molecule has 0 rings (SSSR count). The number of rotatable bonds is 53. The monoisotopic (exact) mass is 1000 g/mol. The molecule has 0 bridgehead atoms. The molecule has 0 fully saturated rings. The van der Waals surface area contributed by atoms with E-state index in [9.17, 15) is 19.4 Å². The van der Waals surface area contributed by atoms with Gasteiger partial charge in [0.15, 0.2) is 0 Å². The molecule has 0 aliphatic heterocycles. The number of likely N-dealkylation sites (N-methyl/N-ethyl adjacent to an activating group) is 1. The van der Waals surface area contributed by atoms with Gasteiger partial charge in [-0.3, -0.25) is 9.36 Å². The van der Waals surface area contributed by atoms with Crippen LogP contribution < -0.4 is 10.2 Å². The number of hydrogen-bond donors (Lipinski definition) is 2. The van der Waals surface area contributed by atoms with E-state index < -0.39 is 26.6 Å². The highest BCUT2D eigenvalue weighted by molar-refractivity contribution is 7.45. The lowest BCUT2D eigenvalue weighted by Crippen LogP contribution is -2.45. The van der Waals surface area contributed by atoms with Gasteiger partial charge in [0.1, 0.15) is 13.2 Å². The average Bonchev–Trinajstić information content (AvgIpc) is 3.32. The molecule has 1 amide bonds. The summed E-state index contributed by atoms with van der Waals surface area (Å²) >= 11 is 0. The van der Waals surface area contributed by atoms with E-state index in [4.69, 9.17) is 9.05 Å². The second-order valence-corrected chi connectivity index (χ2v) is 22.4. The van der Waals surface area contributed by atoms with Crippen LogP contribution in [0.25, 0.3) is 0 Å². The van der Waals surface area contributed by atoms with Crippen molar-refractivity contribution in [1.29, 1.82) is 0 Å². The highest BCUT2D eigenvalue weighted by Gasteiger charge is 2.23. The van der Waals surface area contributed by atoms with E-state index in [0.29, 0.717) is 17.4 Å². The van der Waals surface area contributed by atoms with Crippen molar-refractivity contribution < 1.29 is 32.9 Å². The normalized spacial score (nSPS) is 14.4. The summed E-state index contributed by atoms with van der Waals surface area (Å²) in [4.78, 5) is 25.5. The van der Waals surface area contributed by atoms with Crippen LogP contribution in [0.15, 0.2) is 72.9 Å². The molecular formula is C61H113N2O6P. The summed E-state index contributed by atoms with van der Waals surface area (Å²) in [5, 5.41) is 13.8. The van der Waals surface area contributed by atoms with Gasteiger partial charge < -0.3 is 28.8 Å². The highest BCUT2D eigenvalue weighted by Crippen LogP contribution is 2.38. The smallest absolute Gasteiger partial charge is 0.268 e. The van der Waals surface area contributed by atoms with E-state index in [-0.39, 0.29) is 12.5 Å². The van der Waals surface area contributed by atoms with Gasteiger partial charge in [0.05, 0.1) is 39.9 Å². The van der Waals surface area contributed by atoms with E-state index >= 15 is 0 Å². The molecule has 0 aromatic rings.